The van der Waals surface area contributed by atoms with Crippen LogP contribution in [0.5, 0.6) is 0 Å². The Morgan fingerprint density at radius 1 is 0.969 bits per heavy atom. The molecule has 1 aliphatic rings. The summed E-state index contributed by atoms with van der Waals surface area (Å²) in [7, 11) is 0. The molecular weight excluding hydrogens is 404 g/mol. The zero-order valence-electron chi connectivity index (χ0n) is 17.9. The van der Waals surface area contributed by atoms with Gasteiger partial charge >= 0.3 is 0 Å². The van der Waals surface area contributed by atoms with Crippen molar-refractivity contribution in [3.8, 4) is 0 Å². The summed E-state index contributed by atoms with van der Waals surface area (Å²) in [5, 5.41) is 9.00. The average molecular weight is 431 g/mol. The first-order chi connectivity index (χ1) is 15.7. The summed E-state index contributed by atoms with van der Waals surface area (Å²) in [5.41, 5.74) is 2.39. The minimum atomic E-state index is -0.131. The minimum Gasteiger partial charge on any atom is -0.349 e. The van der Waals surface area contributed by atoms with Gasteiger partial charge in [-0.25, -0.2) is 9.67 Å². The normalized spacial score (nSPS) is 14.4. The maximum atomic E-state index is 12.9. The average Bonchev–Trinajstić information content (AvgIpc) is 3.48. The first-order valence-electron chi connectivity index (χ1n) is 11.1. The van der Waals surface area contributed by atoms with Gasteiger partial charge in [-0.15, -0.1) is 0 Å². The fraction of sp³-hybridized carbons (Fsp3) is 0.333. The van der Waals surface area contributed by atoms with E-state index in [0.29, 0.717) is 17.6 Å². The number of hydrogen-bond acceptors (Lipinski definition) is 5. The number of carbonyl (C=O) groups is 1. The van der Waals surface area contributed by atoms with E-state index in [2.05, 4.69) is 20.3 Å². The summed E-state index contributed by atoms with van der Waals surface area (Å²) in [5.74, 6) is -0.131. The van der Waals surface area contributed by atoms with Gasteiger partial charge in [0.2, 0.25) is 5.91 Å². The van der Waals surface area contributed by atoms with E-state index in [1.807, 2.05) is 53.1 Å². The van der Waals surface area contributed by atoms with Gasteiger partial charge in [0, 0.05) is 11.9 Å². The van der Waals surface area contributed by atoms with Gasteiger partial charge in [0.15, 0.2) is 0 Å². The monoisotopic (exact) mass is 430 g/mol. The fourth-order valence-corrected chi connectivity index (χ4v) is 4.36. The van der Waals surface area contributed by atoms with E-state index < -0.39 is 0 Å². The molecule has 5 rings (SSSR count). The number of nitrogens with zero attached hydrogens (tertiary/aromatic N) is 5. The van der Waals surface area contributed by atoms with Crippen molar-refractivity contribution >= 4 is 27.7 Å². The number of carbonyl (C=O) groups excluding carboxylic acids is 1. The maximum Gasteiger partial charge on any atom is 0.274 e. The molecule has 2 aromatic heterocycles. The number of para-hydroxylation sites is 2. The number of imidazole rings is 1. The fourth-order valence-electron chi connectivity index (χ4n) is 4.36. The van der Waals surface area contributed by atoms with Crippen molar-refractivity contribution in [1.29, 1.82) is 0 Å². The molecule has 2 aromatic carbocycles. The number of likely N-dealkylation sites (tertiary alicyclic amines) is 1. The van der Waals surface area contributed by atoms with Crippen molar-refractivity contribution in [2.75, 3.05) is 19.6 Å². The molecule has 1 fully saturated rings. The van der Waals surface area contributed by atoms with Gasteiger partial charge in [-0.3, -0.25) is 9.59 Å². The number of rotatable bonds is 7. The van der Waals surface area contributed by atoms with Gasteiger partial charge in [-0.05, 0) is 44.1 Å². The maximum absolute atomic E-state index is 12.9. The molecule has 0 unspecified atom stereocenters. The molecule has 1 amide bonds. The Kier molecular flexibility index (Phi) is 5.68. The molecule has 8 nitrogen and oxygen atoms in total. The smallest absolute Gasteiger partial charge is 0.274 e. The number of hydrogen-bond donors (Lipinski definition) is 1. The highest BCUT2D eigenvalue weighted by Gasteiger charge is 2.15. The van der Waals surface area contributed by atoms with Crippen LogP contribution in [0.2, 0.25) is 0 Å². The Morgan fingerprint density at radius 3 is 2.56 bits per heavy atom. The second-order valence-corrected chi connectivity index (χ2v) is 8.21. The van der Waals surface area contributed by atoms with Crippen LogP contribution in [-0.2, 0) is 24.4 Å². The topological polar surface area (TPSA) is 85.1 Å². The highest BCUT2D eigenvalue weighted by Crippen LogP contribution is 2.14. The lowest BCUT2D eigenvalue weighted by atomic mass is 10.1. The minimum absolute atomic E-state index is 0.0836. The summed E-state index contributed by atoms with van der Waals surface area (Å²) in [6.07, 6.45) is 4.10. The lowest BCUT2D eigenvalue weighted by Gasteiger charge is -2.16. The van der Waals surface area contributed by atoms with E-state index in [1.54, 1.807) is 11.0 Å². The molecule has 0 radical (unpaired) electrons. The van der Waals surface area contributed by atoms with Gasteiger partial charge in [-0.2, -0.15) is 5.10 Å². The Bertz CT molecular complexity index is 1320. The van der Waals surface area contributed by atoms with Crippen LogP contribution in [0.25, 0.3) is 21.8 Å². The molecule has 1 aliphatic heterocycles. The molecule has 4 aromatic rings. The third-order valence-electron chi connectivity index (χ3n) is 6.07. The molecule has 32 heavy (non-hydrogen) atoms. The molecule has 0 spiro atoms. The van der Waals surface area contributed by atoms with Gasteiger partial charge in [-0.1, -0.05) is 30.3 Å². The molecule has 0 saturated carbocycles. The summed E-state index contributed by atoms with van der Waals surface area (Å²) in [4.78, 5) is 32.3. The second kappa shape index (κ2) is 8.92. The van der Waals surface area contributed by atoms with Crippen molar-refractivity contribution < 1.29 is 4.79 Å². The van der Waals surface area contributed by atoms with Crippen LogP contribution in [0, 0.1) is 0 Å². The van der Waals surface area contributed by atoms with Crippen LogP contribution >= 0.6 is 0 Å². The van der Waals surface area contributed by atoms with E-state index in [-0.39, 0.29) is 24.6 Å². The molecule has 0 atom stereocenters. The van der Waals surface area contributed by atoms with Crippen LogP contribution in [0.1, 0.15) is 18.5 Å². The predicted molar refractivity (Wildman–Crippen MR) is 123 cm³/mol. The lowest BCUT2D eigenvalue weighted by Crippen LogP contribution is -2.33. The van der Waals surface area contributed by atoms with Gasteiger partial charge in [0.1, 0.15) is 6.54 Å². The quantitative estimate of drug-likeness (QED) is 0.486. The molecule has 164 valence electrons. The third kappa shape index (κ3) is 4.13. The van der Waals surface area contributed by atoms with Crippen molar-refractivity contribution in [1.82, 2.24) is 29.5 Å². The number of aromatic nitrogens is 4. The van der Waals surface area contributed by atoms with Crippen molar-refractivity contribution in [2.45, 2.75) is 32.5 Å². The zero-order valence-corrected chi connectivity index (χ0v) is 17.9. The number of benzene rings is 2. The van der Waals surface area contributed by atoms with E-state index >= 15 is 0 Å². The van der Waals surface area contributed by atoms with Crippen molar-refractivity contribution in [3.63, 3.8) is 0 Å². The molecule has 0 bridgehead atoms. The zero-order chi connectivity index (χ0) is 21.9. The standard InChI is InChI=1S/C24H26N6O2/c31-23(16-29-17-26-20-9-3-4-10-22(20)29)25-15-21-18-7-1-2-8-19(18)24(32)30(27-21)14-13-28-11-5-6-12-28/h1-4,7-10,17H,5-6,11-16H2,(H,25,31). The molecule has 1 saturated heterocycles. The predicted octanol–water partition coefficient (Wildman–Crippen LogP) is 2.16. The molecule has 0 aliphatic carbocycles. The SMILES string of the molecule is O=C(Cn1cnc2ccccc21)NCc1nn(CCN2CCCC2)c(=O)c2ccccc12. The number of amides is 1. The number of fused-ring (bicyclic) bond motifs is 2. The second-order valence-electron chi connectivity index (χ2n) is 8.21. The van der Waals surface area contributed by atoms with Crippen LogP contribution in [0.4, 0.5) is 0 Å². The molecule has 8 heteroatoms. The van der Waals surface area contributed by atoms with E-state index in [0.717, 1.165) is 36.1 Å². The van der Waals surface area contributed by atoms with E-state index in [4.69, 9.17) is 0 Å². The molecular formula is C24H26N6O2. The van der Waals surface area contributed by atoms with Crippen LogP contribution < -0.4 is 10.9 Å². The summed E-state index contributed by atoms with van der Waals surface area (Å²) < 4.78 is 3.37. The summed E-state index contributed by atoms with van der Waals surface area (Å²) in [6.45, 7) is 3.95. The van der Waals surface area contributed by atoms with E-state index in [9.17, 15) is 9.59 Å². The molecule has 3 heterocycles. The lowest BCUT2D eigenvalue weighted by molar-refractivity contribution is -0.121. The Balaban J connectivity index is 1.34. The third-order valence-corrected chi connectivity index (χ3v) is 6.07. The Hall–Kier alpha value is -3.52. The largest absolute Gasteiger partial charge is 0.349 e. The Labute approximate surface area is 185 Å². The highest BCUT2D eigenvalue weighted by atomic mass is 16.2. The van der Waals surface area contributed by atoms with Crippen LogP contribution in [0.3, 0.4) is 0 Å². The van der Waals surface area contributed by atoms with Gasteiger partial charge < -0.3 is 14.8 Å². The van der Waals surface area contributed by atoms with Crippen molar-refractivity contribution in [3.05, 3.63) is 70.9 Å². The first-order valence-corrected chi connectivity index (χ1v) is 11.1. The summed E-state index contributed by atoms with van der Waals surface area (Å²) in [6, 6.07) is 15.2. The first kappa shape index (κ1) is 20.4. The number of nitrogens with one attached hydrogen (secondary N) is 1. The van der Waals surface area contributed by atoms with Gasteiger partial charge in [0.25, 0.3) is 5.56 Å². The summed E-state index contributed by atoms with van der Waals surface area (Å²) >= 11 is 0. The van der Waals surface area contributed by atoms with Crippen LogP contribution in [-0.4, -0.2) is 49.8 Å². The highest BCUT2D eigenvalue weighted by molar-refractivity contribution is 5.84. The van der Waals surface area contributed by atoms with Crippen LogP contribution in [0.15, 0.2) is 59.7 Å². The van der Waals surface area contributed by atoms with Crippen molar-refractivity contribution in [2.24, 2.45) is 0 Å². The Morgan fingerprint density at radius 2 is 1.72 bits per heavy atom. The molecule has 1 N–H and O–H groups in total. The van der Waals surface area contributed by atoms with E-state index in [1.165, 1.54) is 12.8 Å². The van der Waals surface area contributed by atoms with Gasteiger partial charge in [0.05, 0.1) is 41.5 Å².